The molecule has 0 radical (unpaired) electrons. The number of ether oxygens (including phenoxy) is 1. The molecule has 0 bridgehead atoms. The number of nitriles is 1. The molecule has 7 rings (SSSR count). The molecule has 4 fully saturated rings. The highest BCUT2D eigenvalue weighted by Gasteiger charge is 2.53. The normalized spacial score (nSPS) is 24.1. The van der Waals surface area contributed by atoms with Crippen molar-refractivity contribution in [2.24, 2.45) is 7.05 Å². The lowest BCUT2D eigenvalue weighted by atomic mass is 9.89. The maximum absolute atomic E-state index is 14.5. The number of hydrogen-bond acceptors (Lipinski definition) is 11. The summed E-state index contributed by atoms with van der Waals surface area (Å²) in [6.07, 6.45) is -8.60. The summed E-state index contributed by atoms with van der Waals surface area (Å²) < 4.78 is 92.2. The van der Waals surface area contributed by atoms with E-state index in [1.165, 1.54) is 21.7 Å². The molecular formula is C40H46F6N10O5S. The Balaban J connectivity index is 0.909. The maximum atomic E-state index is 14.5. The van der Waals surface area contributed by atoms with Crippen molar-refractivity contribution in [3.8, 4) is 6.07 Å². The van der Waals surface area contributed by atoms with Crippen molar-refractivity contribution in [3.05, 3.63) is 47.5 Å². The van der Waals surface area contributed by atoms with Crippen LogP contribution in [0.25, 0.3) is 10.9 Å². The van der Waals surface area contributed by atoms with Crippen LogP contribution in [0.1, 0.15) is 57.1 Å². The average molecular weight is 893 g/mol. The Labute approximate surface area is 358 Å². The molecule has 3 N–H and O–H groups in total. The highest BCUT2D eigenvalue weighted by molar-refractivity contribution is 7.80. The second-order valence-electron chi connectivity index (χ2n) is 16.4. The Hall–Kier alpha value is -5.08. The van der Waals surface area contributed by atoms with Crippen molar-refractivity contribution in [1.82, 2.24) is 29.8 Å². The number of piperazine rings is 1. The fourth-order valence-electron chi connectivity index (χ4n) is 8.92. The second-order valence-corrected chi connectivity index (χ2v) is 16.8. The zero-order valence-electron chi connectivity index (χ0n) is 34.1. The minimum Gasteiger partial charge on any atom is -0.377 e. The van der Waals surface area contributed by atoms with Gasteiger partial charge in [0.15, 0.2) is 10.9 Å². The van der Waals surface area contributed by atoms with E-state index in [0.29, 0.717) is 48.1 Å². The van der Waals surface area contributed by atoms with Crippen LogP contribution in [0.2, 0.25) is 0 Å². The molecule has 3 aromatic rings. The number of fused-ring (bicyclic) bond motifs is 1. The van der Waals surface area contributed by atoms with Gasteiger partial charge >= 0.3 is 12.4 Å². The molecule has 0 spiro atoms. The number of aromatic nitrogens is 2. The number of aryl methyl sites for hydroxylation is 1. The van der Waals surface area contributed by atoms with E-state index in [0.717, 1.165) is 21.9 Å². The molecule has 1 aromatic heterocycles. The fourth-order valence-corrected chi connectivity index (χ4v) is 9.48. The van der Waals surface area contributed by atoms with Gasteiger partial charge in [-0.05, 0) is 82.1 Å². The zero-order valence-corrected chi connectivity index (χ0v) is 34.9. The Morgan fingerprint density at radius 2 is 1.81 bits per heavy atom. The summed E-state index contributed by atoms with van der Waals surface area (Å²) in [4.78, 5) is 45.8. The summed E-state index contributed by atoms with van der Waals surface area (Å²) in [7, 11) is 1.63. The van der Waals surface area contributed by atoms with Gasteiger partial charge in [0.2, 0.25) is 18.2 Å². The number of halogens is 6. The molecule has 4 aliphatic rings. The SMILES string of the molecule is Cn1nc(N2CCC(=O)NC2O)c2cccc(NC(=O)CN3CCN(CCOC4CCC(N5C(=S)N(c6ccc(C#N)c(C(F)(F)F)c6)C(=O)C5(C)C)CC4)C[C@@H]3C(F)(F)F)c21. The number of anilines is 3. The van der Waals surface area contributed by atoms with Gasteiger partial charge in [-0.25, -0.2) is 0 Å². The smallest absolute Gasteiger partial charge is 0.377 e. The first-order valence-electron chi connectivity index (χ1n) is 20.1. The molecular weight excluding hydrogens is 847 g/mol. The number of nitrogens with zero attached hydrogens (tertiary/aromatic N) is 8. The Morgan fingerprint density at radius 3 is 2.47 bits per heavy atom. The lowest BCUT2D eigenvalue weighted by molar-refractivity contribution is -0.197. The predicted molar refractivity (Wildman–Crippen MR) is 217 cm³/mol. The van der Waals surface area contributed by atoms with Gasteiger partial charge in [-0.3, -0.25) is 33.8 Å². The number of para-hydroxylation sites is 1. The number of rotatable bonds is 10. The number of benzene rings is 2. The Kier molecular flexibility index (Phi) is 12.5. The minimum atomic E-state index is -4.82. The predicted octanol–water partition coefficient (Wildman–Crippen LogP) is 4.29. The molecule has 22 heteroatoms. The topological polar surface area (TPSA) is 163 Å². The highest BCUT2D eigenvalue weighted by Crippen LogP contribution is 2.41. The Bertz CT molecular complexity index is 2270. The van der Waals surface area contributed by atoms with Gasteiger partial charge in [0.25, 0.3) is 5.91 Å². The van der Waals surface area contributed by atoms with Crippen molar-refractivity contribution in [2.75, 3.05) is 61.0 Å². The van der Waals surface area contributed by atoms with Gasteiger partial charge < -0.3 is 30.3 Å². The molecule has 3 amide bonds. The van der Waals surface area contributed by atoms with E-state index in [4.69, 9.17) is 17.0 Å². The van der Waals surface area contributed by atoms with Crippen LogP contribution in [-0.2, 0) is 32.3 Å². The third-order valence-corrected chi connectivity index (χ3v) is 12.4. The number of aliphatic hydroxyl groups excluding tert-OH is 1. The molecule has 15 nitrogen and oxygen atoms in total. The minimum absolute atomic E-state index is 0.0252. The molecule has 3 aliphatic heterocycles. The first kappa shape index (κ1) is 45.0. The molecule has 1 saturated carbocycles. The average Bonchev–Trinajstić information content (AvgIpc) is 3.63. The molecule has 334 valence electrons. The number of hydrogen-bond donors (Lipinski definition) is 3. The second kappa shape index (κ2) is 17.2. The van der Waals surface area contributed by atoms with Crippen molar-refractivity contribution in [2.45, 2.75) is 88.4 Å². The number of carbonyl (C=O) groups excluding carboxylic acids is 3. The van der Waals surface area contributed by atoms with Gasteiger partial charge in [-0.2, -0.15) is 36.7 Å². The number of aliphatic hydroxyl groups is 1. The van der Waals surface area contributed by atoms with Crippen LogP contribution in [-0.4, -0.2) is 135 Å². The van der Waals surface area contributed by atoms with Gasteiger partial charge in [-0.15, -0.1) is 0 Å². The van der Waals surface area contributed by atoms with Crippen LogP contribution in [0.3, 0.4) is 0 Å². The van der Waals surface area contributed by atoms with Crippen LogP contribution >= 0.6 is 12.2 Å². The lowest BCUT2D eigenvalue weighted by Crippen LogP contribution is -2.60. The van der Waals surface area contributed by atoms with E-state index in [9.17, 15) is 51.1 Å². The quantitative estimate of drug-likeness (QED) is 0.196. The van der Waals surface area contributed by atoms with Crippen LogP contribution in [0.15, 0.2) is 36.4 Å². The summed E-state index contributed by atoms with van der Waals surface area (Å²) >= 11 is 5.69. The largest absolute Gasteiger partial charge is 0.417 e. The number of alkyl halides is 6. The molecule has 62 heavy (non-hydrogen) atoms. The first-order chi connectivity index (χ1) is 29.2. The van der Waals surface area contributed by atoms with Gasteiger partial charge in [0.1, 0.15) is 11.6 Å². The van der Waals surface area contributed by atoms with Crippen molar-refractivity contribution < 1.29 is 50.6 Å². The van der Waals surface area contributed by atoms with E-state index >= 15 is 0 Å². The van der Waals surface area contributed by atoms with Crippen molar-refractivity contribution in [3.63, 3.8) is 0 Å². The van der Waals surface area contributed by atoms with E-state index in [1.54, 1.807) is 48.9 Å². The summed E-state index contributed by atoms with van der Waals surface area (Å²) in [6.45, 7) is 3.27. The Morgan fingerprint density at radius 1 is 1.08 bits per heavy atom. The van der Waals surface area contributed by atoms with E-state index in [2.05, 4.69) is 15.7 Å². The summed E-state index contributed by atoms with van der Waals surface area (Å²) in [5, 5.41) is 29.9. The molecule has 4 heterocycles. The van der Waals surface area contributed by atoms with Gasteiger partial charge in [-0.1, -0.05) is 6.07 Å². The monoisotopic (exact) mass is 892 g/mol. The van der Waals surface area contributed by atoms with Crippen LogP contribution in [0.4, 0.5) is 43.5 Å². The molecule has 1 aliphatic carbocycles. The van der Waals surface area contributed by atoms with Gasteiger partial charge in [0, 0.05) is 57.6 Å². The number of thiocarbonyl (C=S) groups is 1. The number of carbonyl (C=O) groups is 3. The summed E-state index contributed by atoms with van der Waals surface area (Å²) in [5.74, 6) is -1.09. The van der Waals surface area contributed by atoms with E-state index in [1.807, 2.05) is 0 Å². The van der Waals surface area contributed by atoms with Crippen LogP contribution in [0.5, 0.6) is 0 Å². The molecule has 2 aromatic carbocycles. The summed E-state index contributed by atoms with van der Waals surface area (Å²) in [6, 6.07) is 7.45. The lowest BCUT2D eigenvalue weighted by Gasteiger charge is -2.42. The maximum Gasteiger partial charge on any atom is 0.417 e. The third kappa shape index (κ3) is 8.90. The molecule has 3 saturated heterocycles. The summed E-state index contributed by atoms with van der Waals surface area (Å²) in [5.41, 5.74) is -2.18. The van der Waals surface area contributed by atoms with E-state index < -0.39 is 59.8 Å². The fraction of sp³-hybridized carbons (Fsp3) is 0.550. The first-order valence-corrected chi connectivity index (χ1v) is 20.5. The van der Waals surface area contributed by atoms with Crippen molar-refractivity contribution >= 4 is 63.1 Å². The number of nitrogens with one attached hydrogen (secondary N) is 2. The van der Waals surface area contributed by atoms with Crippen LogP contribution < -0.4 is 20.4 Å². The highest BCUT2D eigenvalue weighted by atomic mass is 32.1. The standard InChI is InChI=1S/C40H46F6N10O5S/c1-38(2)35(59)55(25-8-7-23(20-47)28(19-25)39(41,42)43)37(62)56(38)24-9-11-26(12-10-24)61-18-17-52-15-16-53(30(21-52)40(44,45)46)22-32(58)48-29-6-4-5-27-33(29)51(3)50-34(27)54-14-13-31(57)49-36(54)60/h4-8,19,24,26,30,36,60H,9-18,21-22H2,1-3H3,(H,48,58)(H,49,57)/t24?,26?,30-,36?/m1/s1. The van der Waals surface area contributed by atoms with Gasteiger partial charge in [0.05, 0.1) is 53.3 Å². The van der Waals surface area contributed by atoms with E-state index in [-0.39, 0.29) is 74.6 Å². The molecule has 2 atom stereocenters. The van der Waals surface area contributed by atoms with Crippen LogP contribution in [0, 0.1) is 11.3 Å². The molecule has 1 unspecified atom stereocenters. The zero-order chi connectivity index (χ0) is 44.9. The van der Waals surface area contributed by atoms with Crippen molar-refractivity contribution in [1.29, 1.82) is 5.26 Å². The third-order valence-electron chi connectivity index (χ3n) is 12.0. The number of amides is 3.